The standard InChI is InChI=1S/C15H16N2O4/c1-3-8-17-14(18)12(15(19)20)9-13(16-17)10-4-6-11(21-2)7-5-10/h4-7,9H,3,8H2,1-2H3,(H,19,20). The summed E-state index contributed by atoms with van der Waals surface area (Å²) in [5.41, 5.74) is 0.317. The van der Waals surface area contributed by atoms with Crippen molar-refractivity contribution >= 4 is 5.97 Å². The third-order valence-electron chi connectivity index (χ3n) is 3.03. The van der Waals surface area contributed by atoms with Crippen LogP contribution in [0.15, 0.2) is 35.1 Å². The Kier molecular flexibility index (Phi) is 4.37. The van der Waals surface area contributed by atoms with Gasteiger partial charge in [0, 0.05) is 12.1 Å². The van der Waals surface area contributed by atoms with Crippen LogP contribution in [-0.2, 0) is 6.54 Å². The van der Waals surface area contributed by atoms with E-state index in [1.54, 1.807) is 31.4 Å². The number of carbonyl (C=O) groups is 1. The molecule has 0 spiro atoms. The van der Waals surface area contributed by atoms with Gasteiger partial charge in [0.05, 0.1) is 12.8 Å². The van der Waals surface area contributed by atoms with Crippen LogP contribution in [0.4, 0.5) is 0 Å². The largest absolute Gasteiger partial charge is 0.497 e. The van der Waals surface area contributed by atoms with Crippen molar-refractivity contribution in [3.8, 4) is 17.0 Å². The number of aromatic carboxylic acids is 1. The van der Waals surface area contributed by atoms with Gasteiger partial charge in [-0.25, -0.2) is 9.48 Å². The SMILES string of the molecule is CCCn1nc(-c2ccc(OC)cc2)cc(C(=O)O)c1=O. The molecule has 21 heavy (non-hydrogen) atoms. The second-order valence-corrected chi connectivity index (χ2v) is 4.51. The Hall–Kier alpha value is -2.63. The monoisotopic (exact) mass is 288 g/mol. The van der Waals surface area contributed by atoms with Crippen LogP contribution in [-0.4, -0.2) is 28.0 Å². The number of benzene rings is 1. The van der Waals surface area contributed by atoms with Gasteiger partial charge in [-0.2, -0.15) is 5.10 Å². The van der Waals surface area contributed by atoms with Crippen LogP contribution < -0.4 is 10.3 Å². The molecule has 0 saturated carbocycles. The van der Waals surface area contributed by atoms with Crippen molar-refractivity contribution in [1.29, 1.82) is 0 Å². The summed E-state index contributed by atoms with van der Waals surface area (Å²) in [4.78, 5) is 23.2. The number of hydrogen-bond acceptors (Lipinski definition) is 4. The number of carboxylic acids is 1. The Morgan fingerprint density at radius 3 is 2.52 bits per heavy atom. The maximum Gasteiger partial charge on any atom is 0.341 e. The predicted molar refractivity (Wildman–Crippen MR) is 77.7 cm³/mol. The Labute approximate surface area is 121 Å². The lowest BCUT2D eigenvalue weighted by atomic mass is 10.1. The molecule has 0 saturated heterocycles. The number of hydrogen-bond donors (Lipinski definition) is 1. The summed E-state index contributed by atoms with van der Waals surface area (Å²) >= 11 is 0. The number of ether oxygens (including phenoxy) is 1. The lowest BCUT2D eigenvalue weighted by molar-refractivity contribution is 0.0693. The second kappa shape index (κ2) is 6.21. The number of carboxylic acid groups (broad SMARTS) is 1. The summed E-state index contributed by atoms with van der Waals surface area (Å²) in [6.45, 7) is 2.28. The minimum Gasteiger partial charge on any atom is -0.497 e. The van der Waals surface area contributed by atoms with Crippen molar-refractivity contribution in [3.63, 3.8) is 0 Å². The van der Waals surface area contributed by atoms with E-state index in [1.165, 1.54) is 10.7 Å². The van der Waals surface area contributed by atoms with Crippen LogP contribution in [0.2, 0.25) is 0 Å². The molecule has 0 aliphatic carbocycles. The van der Waals surface area contributed by atoms with Gasteiger partial charge in [0.25, 0.3) is 5.56 Å². The summed E-state index contributed by atoms with van der Waals surface area (Å²) in [5.74, 6) is -0.555. The molecule has 0 atom stereocenters. The van der Waals surface area contributed by atoms with Gasteiger partial charge in [0.2, 0.25) is 0 Å². The smallest absolute Gasteiger partial charge is 0.341 e. The van der Waals surface area contributed by atoms with E-state index in [1.807, 2.05) is 6.92 Å². The first-order chi connectivity index (χ1) is 10.1. The average Bonchev–Trinajstić information content (AvgIpc) is 2.49. The van der Waals surface area contributed by atoms with Crippen molar-refractivity contribution < 1.29 is 14.6 Å². The molecule has 110 valence electrons. The zero-order valence-corrected chi connectivity index (χ0v) is 11.9. The van der Waals surface area contributed by atoms with E-state index in [2.05, 4.69) is 5.10 Å². The Balaban J connectivity index is 2.56. The van der Waals surface area contributed by atoms with Crippen molar-refractivity contribution in [1.82, 2.24) is 9.78 Å². The first-order valence-corrected chi connectivity index (χ1v) is 6.56. The highest BCUT2D eigenvalue weighted by atomic mass is 16.5. The maximum absolute atomic E-state index is 12.0. The van der Waals surface area contributed by atoms with Crippen molar-refractivity contribution in [2.75, 3.05) is 7.11 Å². The van der Waals surface area contributed by atoms with Crippen LogP contribution in [0.5, 0.6) is 5.75 Å². The fourth-order valence-electron chi connectivity index (χ4n) is 1.96. The minimum atomic E-state index is -1.25. The van der Waals surface area contributed by atoms with E-state index in [-0.39, 0.29) is 5.56 Å². The molecule has 0 radical (unpaired) electrons. The highest BCUT2D eigenvalue weighted by molar-refractivity contribution is 5.88. The predicted octanol–water partition coefficient (Wildman–Crippen LogP) is 2.03. The molecule has 0 amide bonds. The third kappa shape index (κ3) is 3.10. The third-order valence-corrected chi connectivity index (χ3v) is 3.03. The molecule has 0 bridgehead atoms. The fraction of sp³-hybridized carbons (Fsp3) is 0.267. The molecule has 0 unspecified atom stereocenters. The van der Waals surface area contributed by atoms with Crippen molar-refractivity contribution in [2.24, 2.45) is 0 Å². The Morgan fingerprint density at radius 1 is 1.33 bits per heavy atom. The number of rotatable bonds is 5. The first kappa shape index (κ1) is 14.8. The molecule has 2 rings (SSSR count). The van der Waals surface area contributed by atoms with E-state index in [4.69, 9.17) is 9.84 Å². The van der Waals surface area contributed by atoms with Crippen molar-refractivity contribution in [2.45, 2.75) is 19.9 Å². The van der Waals surface area contributed by atoms with Gasteiger partial charge in [-0.1, -0.05) is 6.92 Å². The summed E-state index contributed by atoms with van der Waals surface area (Å²) in [6, 6.07) is 8.36. The minimum absolute atomic E-state index is 0.274. The molecule has 0 aliphatic heterocycles. The van der Waals surface area contributed by atoms with E-state index >= 15 is 0 Å². The summed E-state index contributed by atoms with van der Waals surface area (Å²) < 4.78 is 6.28. The quantitative estimate of drug-likeness (QED) is 0.910. The molecule has 0 aliphatic rings. The summed E-state index contributed by atoms with van der Waals surface area (Å²) in [5, 5.41) is 13.4. The molecular weight excluding hydrogens is 272 g/mol. The van der Waals surface area contributed by atoms with E-state index in [0.29, 0.717) is 24.4 Å². The van der Waals surface area contributed by atoms with Gasteiger partial charge in [0.1, 0.15) is 11.3 Å². The van der Waals surface area contributed by atoms with Gasteiger partial charge in [-0.05, 0) is 36.8 Å². The molecule has 6 nitrogen and oxygen atoms in total. The van der Waals surface area contributed by atoms with Crippen LogP contribution in [0.3, 0.4) is 0 Å². The zero-order valence-electron chi connectivity index (χ0n) is 11.9. The van der Waals surface area contributed by atoms with E-state index in [0.717, 1.165) is 5.56 Å². The molecule has 1 aromatic carbocycles. The highest BCUT2D eigenvalue weighted by Crippen LogP contribution is 2.20. The van der Waals surface area contributed by atoms with Crippen molar-refractivity contribution in [3.05, 3.63) is 46.2 Å². The summed E-state index contributed by atoms with van der Waals surface area (Å²) in [6.07, 6.45) is 0.692. The number of aryl methyl sites for hydroxylation is 1. The molecule has 1 aromatic heterocycles. The Morgan fingerprint density at radius 2 is 2.00 bits per heavy atom. The van der Waals surface area contributed by atoms with Gasteiger partial charge in [-0.3, -0.25) is 4.79 Å². The lowest BCUT2D eigenvalue weighted by Gasteiger charge is -2.08. The van der Waals surface area contributed by atoms with Gasteiger partial charge in [0.15, 0.2) is 0 Å². The van der Waals surface area contributed by atoms with Gasteiger partial charge >= 0.3 is 5.97 Å². The maximum atomic E-state index is 12.0. The number of aromatic nitrogens is 2. The average molecular weight is 288 g/mol. The molecule has 2 aromatic rings. The van der Waals surface area contributed by atoms with Crippen LogP contribution >= 0.6 is 0 Å². The fourth-order valence-corrected chi connectivity index (χ4v) is 1.96. The lowest BCUT2D eigenvalue weighted by Crippen LogP contribution is -2.28. The van der Waals surface area contributed by atoms with Crippen LogP contribution in [0.1, 0.15) is 23.7 Å². The normalized spacial score (nSPS) is 10.4. The first-order valence-electron chi connectivity index (χ1n) is 6.56. The van der Waals surface area contributed by atoms with Crippen LogP contribution in [0.25, 0.3) is 11.3 Å². The van der Waals surface area contributed by atoms with E-state index in [9.17, 15) is 9.59 Å². The molecule has 6 heteroatoms. The van der Waals surface area contributed by atoms with E-state index < -0.39 is 11.5 Å². The number of methoxy groups -OCH3 is 1. The van der Waals surface area contributed by atoms with Gasteiger partial charge < -0.3 is 9.84 Å². The molecule has 0 fully saturated rings. The number of nitrogens with zero attached hydrogens (tertiary/aromatic N) is 2. The topological polar surface area (TPSA) is 81.4 Å². The second-order valence-electron chi connectivity index (χ2n) is 4.51. The molecule has 1 N–H and O–H groups in total. The highest BCUT2D eigenvalue weighted by Gasteiger charge is 2.15. The molecule has 1 heterocycles. The zero-order chi connectivity index (χ0) is 15.4. The summed E-state index contributed by atoms with van der Waals surface area (Å²) in [7, 11) is 1.57. The Bertz CT molecular complexity index is 705. The molecular formula is C15H16N2O4. The van der Waals surface area contributed by atoms with Crippen LogP contribution in [0, 0.1) is 0 Å². The van der Waals surface area contributed by atoms with Gasteiger partial charge in [-0.15, -0.1) is 0 Å².